The van der Waals surface area contributed by atoms with Crippen LogP contribution in [0.2, 0.25) is 10.0 Å². The molecule has 0 spiro atoms. The third-order valence-corrected chi connectivity index (χ3v) is 11.6. The van der Waals surface area contributed by atoms with E-state index < -0.39 is 21.4 Å². The molecule has 3 aliphatic rings. The lowest BCUT2D eigenvalue weighted by atomic mass is 9.65. The molecule has 1 heterocycles. The number of hydrogen-bond donors (Lipinski definition) is 2. The number of amides is 1. The van der Waals surface area contributed by atoms with Crippen molar-refractivity contribution in [3.8, 4) is 0 Å². The summed E-state index contributed by atoms with van der Waals surface area (Å²) in [6.45, 7) is 2.28. The van der Waals surface area contributed by atoms with Crippen molar-refractivity contribution in [2.45, 2.75) is 81.5 Å². The van der Waals surface area contributed by atoms with Gasteiger partial charge in [0, 0.05) is 28.5 Å². The minimum absolute atomic E-state index is 0.113. The maximum atomic E-state index is 14.3. The number of hydrogen-bond acceptors (Lipinski definition) is 4. The lowest BCUT2D eigenvalue weighted by Crippen LogP contribution is -2.53. The number of benzene rings is 2. The van der Waals surface area contributed by atoms with Crippen molar-refractivity contribution in [2.24, 2.45) is 11.3 Å². The second-order valence-corrected chi connectivity index (χ2v) is 14.5. The van der Waals surface area contributed by atoms with Gasteiger partial charge in [0.2, 0.25) is 15.9 Å². The molecule has 40 heavy (non-hydrogen) atoms. The van der Waals surface area contributed by atoms with Crippen LogP contribution in [0.4, 0.5) is 0 Å². The summed E-state index contributed by atoms with van der Waals surface area (Å²) >= 11 is 12.6. The molecular formula is C30H36Cl2N2O5S. The fourth-order valence-corrected chi connectivity index (χ4v) is 8.66. The Morgan fingerprint density at radius 1 is 1.10 bits per heavy atom. The number of piperidine rings is 1. The molecule has 216 valence electrons. The molecule has 5 rings (SSSR count). The van der Waals surface area contributed by atoms with Crippen molar-refractivity contribution >= 4 is 45.1 Å². The zero-order valence-corrected chi connectivity index (χ0v) is 24.9. The van der Waals surface area contributed by atoms with Crippen LogP contribution in [-0.4, -0.2) is 48.1 Å². The van der Waals surface area contributed by atoms with Gasteiger partial charge in [-0.15, -0.1) is 0 Å². The molecule has 1 aliphatic heterocycles. The van der Waals surface area contributed by atoms with E-state index in [0.29, 0.717) is 48.7 Å². The van der Waals surface area contributed by atoms with Crippen LogP contribution in [0.1, 0.15) is 81.4 Å². The molecule has 2 aromatic carbocycles. The molecule has 2 N–H and O–H groups in total. The normalized spacial score (nSPS) is 28.8. The van der Waals surface area contributed by atoms with Gasteiger partial charge in [0.1, 0.15) is 0 Å². The molecule has 0 radical (unpaired) electrons. The van der Waals surface area contributed by atoms with Crippen LogP contribution in [0.3, 0.4) is 0 Å². The molecule has 1 unspecified atom stereocenters. The second kappa shape index (κ2) is 11.6. The first-order chi connectivity index (χ1) is 19.0. The van der Waals surface area contributed by atoms with Crippen LogP contribution in [0.25, 0.3) is 0 Å². The highest BCUT2D eigenvalue weighted by molar-refractivity contribution is 7.90. The Kier molecular flexibility index (Phi) is 8.54. The van der Waals surface area contributed by atoms with E-state index in [1.807, 2.05) is 42.2 Å². The molecule has 7 nitrogen and oxygen atoms in total. The number of aliphatic carboxylic acids is 1. The maximum absolute atomic E-state index is 14.3. The number of carboxylic acids is 1. The van der Waals surface area contributed by atoms with E-state index in [0.717, 1.165) is 24.0 Å². The van der Waals surface area contributed by atoms with Crippen molar-refractivity contribution in [2.75, 3.05) is 6.54 Å². The summed E-state index contributed by atoms with van der Waals surface area (Å²) in [7, 11) is -3.31. The number of rotatable bonds is 11. The van der Waals surface area contributed by atoms with Gasteiger partial charge >= 0.3 is 5.97 Å². The molecule has 1 saturated heterocycles. The first-order valence-corrected chi connectivity index (χ1v) is 16.4. The summed E-state index contributed by atoms with van der Waals surface area (Å²) in [5.74, 6) is -1.22. The monoisotopic (exact) mass is 606 g/mol. The minimum Gasteiger partial charge on any atom is -0.481 e. The van der Waals surface area contributed by atoms with Crippen LogP contribution in [0.5, 0.6) is 0 Å². The summed E-state index contributed by atoms with van der Waals surface area (Å²) in [5, 5.41) is 10.7. The van der Waals surface area contributed by atoms with Crippen molar-refractivity contribution in [3.63, 3.8) is 0 Å². The number of carboxylic acid groups (broad SMARTS) is 1. The Morgan fingerprint density at radius 3 is 2.42 bits per heavy atom. The number of carbonyl (C=O) groups is 2. The summed E-state index contributed by atoms with van der Waals surface area (Å²) < 4.78 is 28.2. The van der Waals surface area contributed by atoms with Gasteiger partial charge in [0.15, 0.2) is 0 Å². The molecule has 2 aromatic rings. The minimum atomic E-state index is -3.31. The van der Waals surface area contributed by atoms with Crippen molar-refractivity contribution in [1.82, 2.24) is 9.62 Å². The summed E-state index contributed by atoms with van der Waals surface area (Å²) in [4.78, 5) is 28.2. The molecule has 5 atom stereocenters. The molecule has 2 aliphatic carbocycles. The molecule has 3 fully saturated rings. The Balaban J connectivity index is 1.46. The van der Waals surface area contributed by atoms with Gasteiger partial charge in [0.25, 0.3) is 0 Å². The molecule has 0 aromatic heterocycles. The topological polar surface area (TPSA) is 104 Å². The van der Waals surface area contributed by atoms with E-state index in [4.69, 9.17) is 23.2 Å². The first-order valence-electron chi connectivity index (χ1n) is 14.1. The maximum Gasteiger partial charge on any atom is 0.304 e. The fourth-order valence-electron chi connectivity index (χ4n) is 6.48. The number of halogens is 2. The zero-order valence-electron chi connectivity index (χ0n) is 22.6. The second-order valence-electron chi connectivity index (χ2n) is 11.7. The molecule has 2 saturated carbocycles. The van der Waals surface area contributed by atoms with Gasteiger partial charge < -0.3 is 10.0 Å². The Labute approximate surface area is 246 Å². The highest BCUT2D eigenvalue weighted by Crippen LogP contribution is 2.53. The standard InChI is InChI=1S/C30H36Cl2N2O5S/c1-2-30(18-27(35)36)17-25(20-5-3-6-23(32)15-20)28(19-9-11-22(31)12-10-19)34(29(30)37)14-13-21-16-26(21)33-40(38,39)24-7-4-8-24/h3,5-6,9-12,15,21,24-26,28,33H,2,4,7-8,13-14,16-18H2,1H3,(H,35,36)/t21-,25+,26?,28+,30+/m0/s1. The van der Waals surface area contributed by atoms with E-state index in [1.165, 1.54) is 0 Å². The van der Waals surface area contributed by atoms with Crippen LogP contribution in [0, 0.1) is 11.3 Å². The van der Waals surface area contributed by atoms with Crippen molar-refractivity contribution < 1.29 is 23.1 Å². The fraction of sp³-hybridized carbons (Fsp3) is 0.533. The first kappa shape index (κ1) is 29.4. The molecule has 1 amide bonds. The van der Waals surface area contributed by atoms with Crippen LogP contribution in [-0.2, 0) is 19.6 Å². The number of likely N-dealkylation sites (tertiary alicyclic amines) is 1. The van der Waals surface area contributed by atoms with Crippen molar-refractivity contribution in [1.29, 1.82) is 0 Å². The van der Waals surface area contributed by atoms with E-state index in [-0.39, 0.29) is 41.5 Å². The molecular weight excluding hydrogens is 571 g/mol. The van der Waals surface area contributed by atoms with E-state index >= 15 is 0 Å². The zero-order chi connectivity index (χ0) is 28.7. The molecule has 10 heteroatoms. The lowest BCUT2D eigenvalue weighted by Gasteiger charge is -2.50. The van der Waals surface area contributed by atoms with Crippen LogP contribution < -0.4 is 4.72 Å². The summed E-state index contributed by atoms with van der Waals surface area (Å²) in [6, 6.07) is 14.6. The Morgan fingerprint density at radius 2 is 1.82 bits per heavy atom. The number of sulfonamides is 1. The third kappa shape index (κ3) is 6.06. The van der Waals surface area contributed by atoms with E-state index in [2.05, 4.69) is 4.72 Å². The predicted octanol–water partition coefficient (Wildman–Crippen LogP) is 6.17. The highest BCUT2D eigenvalue weighted by atomic mass is 35.5. The van der Waals surface area contributed by atoms with E-state index in [1.54, 1.807) is 18.2 Å². The lowest BCUT2D eigenvalue weighted by molar-refractivity contribution is -0.159. The van der Waals surface area contributed by atoms with Crippen LogP contribution in [0.15, 0.2) is 48.5 Å². The number of carbonyl (C=O) groups excluding carboxylic acids is 1. The van der Waals surface area contributed by atoms with Gasteiger partial charge in [-0.05, 0) is 79.8 Å². The van der Waals surface area contributed by atoms with Crippen molar-refractivity contribution in [3.05, 3.63) is 69.7 Å². The molecule has 0 bridgehead atoms. The smallest absolute Gasteiger partial charge is 0.304 e. The third-order valence-electron chi connectivity index (χ3n) is 9.17. The van der Waals surface area contributed by atoms with Gasteiger partial charge in [-0.1, -0.05) is 60.8 Å². The van der Waals surface area contributed by atoms with Crippen LogP contribution >= 0.6 is 23.2 Å². The Hall–Kier alpha value is -2.13. The van der Waals surface area contributed by atoms with Gasteiger partial charge in [0.05, 0.1) is 23.1 Å². The number of nitrogens with zero attached hydrogens (tertiary/aromatic N) is 1. The average Bonchev–Trinajstić information content (AvgIpc) is 3.59. The van der Waals surface area contributed by atoms with Gasteiger partial charge in [-0.25, -0.2) is 13.1 Å². The van der Waals surface area contributed by atoms with E-state index in [9.17, 15) is 23.1 Å². The average molecular weight is 608 g/mol. The quantitative estimate of drug-likeness (QED) is 0.318. The van der Waals surface area contributed by atoms with Gasteiger partial charge in [-0.3, -0.25) is 9.59 Å². The highest BCUT2D eigenvalue weighted by Gasteiger charge is 2.53. The SMILES string of the molecule is CC[C@]1(CC(=O)O)C[C@H](c2cccc(Cl)c2)[C@@H](c2ccc(Cl)cc2)N(CC[C@H]2CC2NS(=O)(=O)C2CCC2)C1=O. The summed E-state index contributed by atoms with van der Waals surface area (Å²) in [5.41, 5.74) is 0.808. The van der Waals surface area contributed by atoms with Gasteiger partial charge in [-0.2, -0.15) is 0 Å². The number of nitrogens with one attached hydrogen (secondary N) is 1. The summed E-state index contributed by atoms with van der Waals surface area (Å²) in [6.07, 6.45) is 4.27. The predicted molar refractivity (Wildman–Crippen MR) is 156 cm³/mol. The Bertz CT molecular complexity index is 1360. The largest absolute Gasteiger partial charge is 0.481 e.